The van der Waals surface area contributed by atoms with Gasteiger partial charge in [-0.3, -0.25) is 0 Å². The highest BCUT2D eigenvalue weighted by atomic mass is 35.5. The molecule has 1 aromatic carbocycles. The normalized spacial score (nSPS) is 13.9. The largest absolute Gasteiger partial charge is 0.392 e. The lowest BCUT2D eigenvalue weighted by Crippen LogP contribution is -2.47. The molecule has 0 fully saturated rings. The molecule has 2 amide bonds. The second-order valence-electron chi connectivity index (χ2n) is 5.29. The molecular formula is C15H23ClN2O2. The molecule has 0 saturated carbocycles. The van der Waals surface area contributed by atoms with Crippen molar-refractivity contribution >= 4 is 17.6 Å². The Hall–Kier alpha value is -1.26. The van der Waals surface area contributed by atoms with Gasteiger partial charge in [-0.15, -0.1) is 0 Å². The number of hydrogen-bond acceptors (Lipinski definition) is 2. The van der Waals surface area contributed by atoms with Crippen LogP contribution in [0.25, 0.3) is 0 Å². The Kier molecular flexibility index (Phi) is 6.30. The van der Waals surface area contributed by atoms with Crippen molar-refractivity contribution < 1.29 is 9.90 Å². The van der Waals surface area contributed by atoms with Gasteiger partial charge >= 0.3 is 6.03 Å². The van der Waals surface area contributed by atoms with E-state index < -0.39 is 6.10 Å². The standard InChI is InChI=1S/C15H23ClN2O2/c1-10(2)18(9-11(3)19)15(20)17-12(4)13-7-5-6-8-14(13)16/h5-8,10-12,19H,9H2,1-4H3,(H,17,20). The van der Waals surface area contributed by atoms with E-state index in [4.69, 9.17) is 11.6 Å². The number of rotatable bonds is 5. The summed E-state index contributed by atoms with van der Waals surface area (Å²) in [6.07, 6.45) is -0.557. The second-order valence-corrected chi connectivity index (χ2v) is 5.70. The Labute approximate surface area is 125 Å². The minimum atomic E-state index is -0.557. The highest BCUT2D eigenvalue weighted by Gasteiger charge is 2.21. The van der Waals surface area contributed by atoms with E-state index in [9.17, 15) is 9.90 Å². The molecule has 0 saturated heterocycles. The Morgan fingerprint density at radius 3 is 2.40 bits per heavy atom. The third kappa shape index (κ3) is 4.69. The lowest BCUT2D eigenvalue weighted by molar-refractivity contribution is 0.117. The fourth-order valence-electron chi connectivity index (χ4n) is 1.99. The topological polar surface area (TPSA) is 52.6 Å². The minimum Gasteiger partial charge on any atom is -0.392 e. The van der Waals surface area contributed by atoms with E-state index in [0.29, 0.717) is 11.6 Å². The number of halogens is 1. The Morgan fingerprint density at radius 2 is 1.90 bits per heavy atom. The van der Waals surface area contributed by atoms with E-state index in [1.165, 1.54) is 0 Å². The van der Waals surface area contributed by atoms with Crippen molar-refractivity contribution in [2.75, 3.05) is 6.54 Å². The number of nitrogens with one attached hydrogen (secondary N) is 1. The predicted molar refractivity (Wildman–Crippen MR) is 81.9 cm³/mol. The summed E-state index contributed by atoms with van der Waals surface area (Å²) in [7, 11) is 0. The minimum absolute atomic E-state index is 0.0167. The summed E-state index contributed by atoms with van der Waals surface area (Å²) in [6, 6.07) is 7.06. The number of urea groups is 1. The monoisotopic (exact) mass is 298 g/mol. The first-order valence-electron chi connectivity index (χ1n) is 6.82. The van der Waals surface area contributed by atoms with Gasteiger partial charge in [-0.05, 0) is 39.3 Å². The number of nitrogens with zero attached hydrogens (tertiary/aromatic N) is 1. The highest BCUT2D eigenvalue weighted by molar-refractivity contribution is 6.31. The van der Waals surface area contributed by atoms with Gasteiger partial charge in [-0.1, -0.05) is 29.8 Å². The van der Waals surface area contributed by atoms with Crippen LogP contribution in [0.5, 0.6) is 0 Å². The average Bonchev–Trinajstić information content (AvgIpc) is 2.35. The molecule has 4 nitrogen and oxygen atoms in total. The molecule has 1 aromatic rings. The zero-order chi connectivity index (χ0) is 15.3. The van der Waals surface area contributed by atoms with Crippen molar-refractivity contribution in [1.82, 2.24) is 10.2 Å². The van der Waals surface area contributed by atoms with E-state index in [1.54, 1.807) is 17.9 Å². The highest BCUT2D eigenvalue weighted by Crippen LogP contribution is 2.22. The molecule has 0 aliphatic rings. The van der Waals surface area contributed by atoms with E-state index in [0.717, 1.165) is 5.56 Å². The summed E-state index contributed by atoms with van der Waals surface area (Å²) in [5.74, 6) is 0. The first-order chi connectivity index (χ1) is 9.32. The summed E-state index contributed by atoms with van der Waals surface area (Å²) in [5.41, 5.74) is 0.878. The molecule has 0 aliphatic heterocycles. The van der Waals surface area contributed by atoms with Gasteiger partial charge in [0.15, 0.2) is 0 Å². The predicted octanol–water partition coefficient (Wildman–Crippen LogP) is 3.20. The fourth-order valence-corrected chi connectivity index (χ4v) is 2.28. The molecule has 0 radical (unpaired) electrons. The van der Waals surface area contributed by atoms with Crippen LogP contribution in [0, 0.1) is 0 Å². The lowest BCUT2D eigenvalue weighted by Gasteiger charge is -2.29. The number of carbonyl (C=O) groups excluding carboxylic acids is 1. The first-order valence-corrected chi connectivity index (χ1v) is 7.20. The Bertz CT molecular complexity index is 449. The van der Waals surface area contributed by atoms with Crippen molar-refractivity contribution in [2.45, 2.75) is 45.9 Å². The number of benzene rings is 1. The van der Waals surface area contributed by atoms with E-state index in [2.05, 4.69) is 5.32 Å². The van der Waals surface area contributed by atoms with Crippen molar-refractivity contribution in [2.24, 2.45) is 0 Å². The molecule has 0 spiro atoms. The van der Waals surface area contributed by atoms with E-state index in [-0.39, 0.29) is 18.1 Å². The molecule has 0 bridgehead atoms. The van der Waals surface area contributed by atoms with Crippen molar-refractivity contribution in [1.29, 1.82) is 0 Å². The molecule has 2 atom stereocenters. The van der Waals surface area contributed by atoms with Crippen molar-refractivity contribution in [3.05, 3.63) is 34.9 Å². The molecule has 1 rings (SSSR count). The summed E-state index contributed by atoms with van der Waals surface area (Å²) >= 11 is 6.12. The van der Waals surface area contributed by atoms with Crippen LogP contribution in [0.15, 0.2) is 24.3 Å². The van der Waals surface area contributed by atoms with Gasteiger partial charge in [0.2, 0.25) is 0 Å². The molecule has 2 N–H and O–H groups in total. The van der Waals surface area contributed by atoms with Gasteiger partial charge in [0.25, 0.3) is 0 Å². The molecule has 112 valence electrons. The Balaban J connectivity index is 2.75. The van der Waals surface area contributed by atoms with Gasteiger partial charge in [0.1, 0.15) is 0 Å². The Morgan fingerprint density at radius 1 is 1.30 bits per heavy atom. The summed E-state index contributed by atoms with van der Waals surface area (Å²) in [6.45, 7) is 7.70. The van der Waals surface area contributed by atoms with Crippen LogP contribution in [-0.4, -0.2) is 34.7 Å². The smallest absolute Gasteiger partial charge is 0.318 e. The number of aliphatic hydroxyl groups is 1. The maximum atomic E-state index is 12.3. The quantitative estimate of drug-likeness (QED) is 0.877. The van der Waals surface area contributed by atoms with Crippen LogP contribution in [-0.2, 0) is 0 Å². The van der Waals surface area contributed by atoms with E-state index >= 15 is 0 Å². The van der Waals surface area contributed by atoms with E-state index in [1.807, 2.05) is 39.0 Å². The average molecular weight is 299 g/mol. The number of amides is 2. The molecule has 0 aliphatic carbocycles. The third-order valence-corrected chi connectivity index (χ3v) is 3.40. The van der Waals surface area contributed by atoms with Gasteiger partial charge in [0.05, 0.1) is 12.1 Å². The fraction of sp³-hybridized carbons (Fsp3) is 0.533. The summed E-state index contributed by atoms with van der Waals surface area (Å²) in [4.78, 5) is 13.9. The zero-order valence-electron chi connectivity index (χ0n) is 12.4. The second kappa shape index (κ2) is 7.50. The summed E-state index contributed by atoms with van der Waals surface area (Å²) < 4.78 is 0. The van der Waals surface area contributed by atoms with Crippen LogP contribution < -0.4 is 5.32 Å². The maximum Gasteiger partial charge on any atom is 0.318 e. The van der Waals surface area contributed by atoms with Crippen LogP contribution in [0.3, 0.4) is 0 Å². The van der Waals surface area contributed by atoms with Crippen LogP contribution >= 0.6 is 11.6 Å². The molecule has 2 unspecified atom stereocenters. The van der Waals surface area contributed by atoms with Crippen LogP contribution in [0.2, 0.25) is 5.02 Å². The number of hydrogen-bond donors (Lipinski definition) is 2. The molecule has 5 heteroatoms. The lowest BCUT2D eigenvalue weighted by atomic mass is 10.1. The van der Waals surface area contributed by atoms with Gasteiger partial charge < -0.3 is 15.3 Å². The maximum absolute atomic E-state index is 12.3. The summed E-state index contributed by atoms with van der Waals surface area (Å²) in [5, 5.41) is 13.0. The zero-order valence-corrected chi connectivity index (χ0v) is 13.2. The third-order valence-electron chi connectivity index (χ3n) is 3.06. The molecule has 20 heavy (non-hydrogen) atoms. The number of carbonyl (C=O) groups is 1. The van der Waals surface area contributed by atoms with Gasteiger partial charge in [-0.25, -0.2) is 4.79 Å². The molecule has 0 aromatic heterocycles. The SMILES string of the molecule is CC(O)CN(C(=O)NC(C)c1ccccc1Cl)C(C)C. The van der Waals surface area contributed by atoms with Crippen molar-refractivity contribution in [3.63, 3.8) is 0 Å². The van der Waals surface area contributed by atoms with Crippen LogP contribution in [0.4, 0.5) is 4.79 Å². The first kappa shape index (κ1) is 16.8. The molecule has 0 heterocycles. The molecular weight excluding hydrogens is 276 g/mol. The van der Waals surface area contributed by atoms with Gasteiger partial charge in [-0.2, -0.15) is 0 Å². The van der Waals surface area contributed by atoms with Crippen LogP contribution in [0.1, 0.15) is 39.3 Å². The van der Waals surface area contributed by atoms with Gasteiger partial charge in [0, 0.05) is 17.6 Å². The number of aliphatic hydroxyl groups excluding tert-OH is 1. The van der Waals surface area contributed by atoms with Crippen molar-refractivity contribution in [3.8, 4) is 0 Å².